The van der Waals surface area contributed by atoms with Crippen LogP contribution < -0.4 is 0 Å². The molecule has 0 unspecified atom stereocenters. The van der Waals surface area contributed by atoms with Gasteiger partial charge in [0.15, 0.2) is 5.17 Å². The second-order valence-corrected chi connectivity index (χ2v) is 6.07. The Kier molecular flexibility index (Phi) is 6.81. The number of thioether (sulfide) groups is 1. The Labute approximate surface area is 142 Å². The molecular formula is C18H21ClN2S. The van der Waals surface area contributed by atoms with Crippen LogP contribution in [0.15, 0.2) is 59.6 Å². The molecule has 0 aliphatic heterocycles. The van der Waals surface area contributed by atoms with Crippen molar-refractivity contribution in [3.8, 4) is 0 Å². The second-order valence-electron chi connectivity index (χ2n) is 4.89. The Morgan fingerprint density at radius 1 is 1.05 bits per heavy atom. The molecule has 0 heterocycles. The van der Waals surface area contributed by atoms with E-state index >= 15 is 0 Å². The van der Waals surface area contributed by atoms with Crippen molar-refractivity contribution in [3.05, 3.63) is 70.7 Å². The van der Waals surface area contributed by atoms with Crippen molar-refractivity contribution < 1.29 is 0 Å². The van der Waals surface area contributed by atoms with Gasteiger partial charge in [0.2, 0.25) is 0 Å². The SMILES string of the molecule is CCN=C(SC)N(Cc1ccccc1)Cc1ccccc1Cl. The van der Waals surface area contributed by atoms with Crippen LogP contribution in [-0.2, 0) is 13.1 Å². The molecule has 0 aliphatic carbocycles. The average molecular weight is 333 g/mol. The van der Waals surface area contributed by atoms with E-state index in [1.807, 2.05) is 24.3 Å². The molecule has 0 fully saturated rings. The molecule has 116 valence electrons. The van der Waals surface area contributed by atoms with E-state index in [9.17, 15) is 0 Å². The molecule has 2 rings (SSSR count). The van der Waals surface area contributed by atoms with Crippen molar-refractivity contribution in [3.63, 3.8) is 0 Å². The zero-order chi connectivity index (χ0) is 15.8. The number of halogens is 1. The average Bonchev–Trinajstić information content (AvgIpc) is 2.55. The molecule has 2 nitrogen and oxygen atoms in total. The first-order valence-electron chi connectivity index (χ1n) is 7.35. The summed E-state index contributed by atoms with van der Waals surface area (Å²) in [5.74, 6) is 0. The van der Waals surface area contributed by atoms with Crippen LogP contribution in [0, 0.1) is 0 Å². The van der Waals surface area contributed by atoms with Crippen LogP contribution in [0.4, 0.5) is 0 Å². The molecule has 2 aromatic carbocycles. The molecule has 4 heteroatoms. The number of hydrogen-bond acceptors (Lipinski definition) is 2. The summed E-state index contributed by atoms with van der Waals surface area (Å²) in [7, 11) is 0. The number of aliphatic imine (C=N–C) groups is 1. The minimum absolute atomic E-state index is 0.758. The predicted octanol–water partition coefficient (Wildman–Crippen LogP) is 5.08. The summed E-state index contributed by atoms with van der Waals surface area (Å²) in [5.41, 5.74) is 2.39. The Hall–Kier alpha value is -1.45. The maximum absolute atomic E-state index is 6.32. The molecule has 0 aromatic heterocycles. The highest BCUT2D eigenvalue weighted by Crippen LogP contribution is 2.20. The van der Waals surface area contributed by atoms with E-state index in [0.29, 0.717) is 0 Å². The molecular weight excluding hydrogens is 312 g/mol. The zero-order valence-electron chi connectivity index (χ0n) is 13.0. The minimum atomic E-state index is 0.758. The van der Waals surface area contributed by atoms with Gasteiger partial charge in [0.05, 0.1) is 0 Å². The molecule has 0 radical (unpaired) electrons. The predicted molar refractivity (Wildman–Crippen MR) is 98.6 cm³/mol. The van der Waals surface area contributed by atoms with Crippen LogP contribution in [0.25, 0.3) is 0 Å². The topological polar surface area (TPSA) is 15.6 Å². The van der Waals surface area contributed by atoms with Crippen LogP contribution in [0.1, 0.15) is 18.1 Å². The molecule has 0 saturated carbocycles. The molecule has 0 aliphatic rings. The summed E-state index contributed by atoms with van der Waals surface area (Å²) >= 11 is 8.00. The maximum Gasteiger partial charge on any atom is 0.159 e. The smallest absolute Gasteiger partial charge is 0.159 e. The summed E-state index contributed by atoms with van der Waals surface area (Å²) in [5, 5.41) is 1.85. The maximum atomic E-state index is 6.32. The van der Waals surface area contributed by atoms with Crippen molar-refractivity contribution in [1.29, 1.82) is 0 Å². The number of rotatable bonds is 5. The molecule has 0 atom stereocenters. The highest BCUT2D eigenvalue weighted by Gasteiger charge is 2.13. The van der Waals surface area contributed by atoms with E-state index < -0.39 is 0 Å². The van der Waals surface area contributed by atoms with Gasteiger partial charge in [-0.25, -0.2) is 0 Å². The highest BCUT2D eigenvalue weighted by atomic mass is 35.5. The van der Waals surface area contributed by atoms with Crippen LogP contribution in [0.2, 0.25) is 5.02 Å². The third-order valence-electron chi connectivity index (χ3n) is 3.28. The number of benzene rings is 2. The van der Waals surface area contributed by atoms with Gasteiger partial charge < -0.3 is 4.90 Å². The molecule has 0 spiro atoms. The third-order valence-corrected chi connectivity index (χ3v) is 4.40. The second kappa shape index (κ2) is 8.86. The number of amidine groups is 1. The number of nitrogens with zero attached hydrogens (tertiary/aromatic N) is 2. The standard InChI is InChI=1S/C18H21ClN2S/c1-3-20-18(22-2)21(13-15-9-5-4-6-10-15)14-16-11-7-8-12-17(16)19/h4-12H,3,13-14H2,1-2H3. The summed E-state index contributed by atoms with van der Waals surface area (Å²) in [4.78, 5) is 6.91. The van der Waals surface area contributed by atoms with E-state index in [4.69, 9.17) is 11.6 Å². The van der Waals surface area contributed by atoms with Gasteiger partial charge in [0, 0.05) is 24.7 Å². The summed E-state index contributed by atoms with van der Waals surface area (Å²) < 4.78 is 0. The van der Waals surface area contributed by atoms with E-state index in [1.54, 1.807) is 11.8 Å². The zero-order valence-corrected chi connectivity index (χ0v) is 14.6. The fourth-order valence-electron chi connectivity index (χ4n) is 2.26. The summed E-state index contributed by atoms with van der Waals surface area (Å²) in [6.45, 7) is 4.43. The molecule has 0 bridgehead atoms. The lowest BCUT2D eigenvalue weighted by atomic mass is 10.2. The van der Waals surface area contributed by atoms with E-state index in [2.05, 4.69) is 53.4 Å². The van der Waals surface area contributed by atoms with Crippen LogP contribution in [0.5, 0.6) is 0 Å². The fourth-order valence-corrected chi connectivity index (χ4v) is 3.10. The van der Waals surface area contributed by atoms with E-state index in [-0.39, 0.29) is 0 Å². The quantitative estimate of drug-likeness (QED) is 0.560. The fraction of sp³-hybridized carbons (Fsp3) is 0.278. The van der Waals surface area contributed by atoms with Crippen molar-refractivity contribution in [2.45, 2.75) is 20.0 Å². The van der Waals surface area contributed by atoms with Gasteiger partial charge in [0.25, 0.3) is 0 Å². The van der Waals surface area contributed by atoms with Crippen LogP contribution in [-0.4, -0.2) is 22.9 Å². The lowest BCUT2D eigenvalue weighted by Crippen LogP contribution is -2.28. The minimum Gasteiger partial charge on any atom is -0.343 e. The van der Waals surface area contributed by atoms with Gasteiger partial charge in [-0.15, -0.1) is 0 Å². The van der Waals surface area contributed by atoms with Crippen molar-refractivity contribution in [2.24, 2.45) is 4.99 Å². The van der Waals surface area contributed by atoms with Crippen molar-refractivity contribution in [1.82, 2.24) is 4.90 Å². The summed E-state index contributed by atoms with van der Waals surface area (Å²) in [6.07, 6.45) is 2.07. The van der Waals surface area contributed by atoms with Gasteiger partial charge >= 0.3 is 0 Å². The van der Waals surface area contributed by atoms with Gasteiger partial charge in [-0.2, -0.15) is 0 Å². The molecule has 2 aromatic rings. The summed E-state index contributed by atoms with van der Waals surface area (Å²) in [6, 6.07) is 18.5. The Morgan fingerprint density at radius 2 is 1.73 bits per heavy atom. The first kappa shape index (κ1) is 16.9. The molecule has 0 N–H and O–H groups in total. The Balaban J connectivity index is 2.25. The monoisotopic (exact) mass is 332 g/mol. The molecule has 0 amide bonds. The van der Waals surface area contributed by atoms with E-state index in [1.165, 1.54) is 5.56 Å². The van der Waals surface area contributed by atoms with E-state index in [0.717, 1.165) is 35.4 Å². The lowest BCUT2D eigenvalue weighted by molar-refractivity contribution is 0.413. The van der Waals surface area contributed by atoms with Crippen LogP contribution >= 0.6 is 23.4 Å². The van der Waals surface area contributed by atoms with Crippen LogP contribution in [0.3, 0.4) is 0 Å². The first-order chi connectivity index (χ1) is 10.7. The first-order valence-corrected chi connectivity index (χ1v) is 8.95. The van der Waals surface area contributed by atoms with Gasteiger partial charge in [-0.1, -0.05) is 71.9 Å². The van der Waals surface area contributed by atoms with Crippen molar-refractivity contribution >= 4 is 28.5 Å². The number of hydrogen-bond donors (Lipinski definition) is 0. The lowest BCUT2D eigenvalue weighted by Gasteiger charge is -2.26. The van der Waals surface area contributed by atoms with Crippen molar-refractivity contribution in [2.75, 3.05) is 12.8 Å². The third kappa shape index (κ3) is 4.79. The Morgan fingerprint density at radius 3 is 2.36 bits per heavy atom. The largest absolute Gasteiger partial charge is 0.343 e. The normalized spacial score (nSPS) is 11.5. The Bertz CT molecular complexity index is 613. The highest BCUT2D eigenvalue weighted by molar-refractivity contribution is 8.13. The van der Waals surface area contributed by atoms with Gasteiger partial charge in [0.1, 0.15) is 0 Å². The van der Waals surface area contributed by atoms with Gasteiger partial charge in [-0.05, 0) is 30.4 Å². The molecule has 22 heavy (non-hydrogen) atoms. The molecule has 0 saturated heterocycles. The van der Waals surface area contributed by atoms with Gasteiger partial charge in [-0.3, -0.25) is 4.99 Å².